The van der Waals surface area contributed by atoms with Gasteiger partial charge in [-0.3, -0.25) is 0 Å². The van der Waals surface area contributed by atoms with Gasteiger partial charge in [0.15, 0.2) is 0 Å². The summed E-state index contributed by atoms with van der Waals surface area (Å²) in [7, 11) is 0. The van der Waals surface area contributed by atoms with Crippen molar-refractivity contribution >= 4 is 38.6 Å². The average molecular weight is 328 g/mol. The third kappa shape index (κ3) is 2.42. The summed E-state index contributed by atoms with van der Waals surface area (Å²) in [4.78, 5) is 4.09. The smallest absolute Gasteiger partial charge is 0.256 e. The van der Waals surface area contributed by atoms with Crippen LogP contribution in [0.2, 0.25) is 0 Å². The molecule has 0 unspecified atom stereocenters. The van der Waals surface area contributed by atoms with Crippen molar-refractivity contribution in [2.24, 2.45) is 0 Å². The summed E-state index contributed by atoms with van der Waals surface area (Å²) in [6.45, 7) is -0.542. The van der Waals surface area contributed by atoms with Gasteiger partial charge in [0.1, 0.15) is 11.6 Å². The fraction of sp³-hybridized carbons (Fsp3) is 0.300. The van der Waals surface area contributed by atoms with E-state index in [1.807, 2.05) is 0 Å². The maximum Gasteiger partial charge on any atom is 0.256 e. The molecule has 0 N–H and O–H groups in total. The van der Waals surface area contributed by atoms with E-state index in [4.69, 9.17) is 11.6 Å². The zero-order valence-electron chi connectivity index (χ0n) is 8.43. The largest absolute Gasteiger partial charge is 0.321 e. The molecule has 2 aromatic rings. The molecule has 1 heterocycles. The van der Waals surface area contributed by atoms with E-state index in [0.29, 0.717) is 16.9 Å². The third-order valence-electron chi connectivity index (χ3n) is 2.31. The van der Waals surface area contributed by atoms with Gasteiger partial charge in [0.2, 0.25) is 0 Å². The summed E-state index contributed by atoms with van der Waals surface area (Å²) in [6.07, 6.45) is -2.54. The van der Waals surface area contributed by atoms with E-state index in [1.165, 1.54) is 16.7 Å². The molecule has 1 aromatic heterocycles. The first-order valence-corrected chi connectivity index (χ1v) is 6.04. The van der Waals surface area contributed by atoms with Crippen LogP contribution in [0, 0.1) is 5.82 Å². The van der Waals surface area contributed by atoms with Crippen LogP contribution >= 0.6 is 27.5 Å². The van der Waals surface area contributed by atoms with Crippen molar-refractivity contribution < 1.29 is 13.2 Å². The molecule has 1 aromatic carbocycles. The van der Waals surface area contributed by atoms with E-state index < -0.39 is 18.8 Å². The lowest BCUT2D eigenvalue weighted by atomic mass is 10.3. The van der Waals surface area contributed by atoms with Crippen LogP contribution in [-0.4, -0.2) is 16.0 Å². The van der Waals surface area contributed by atoms with Gasteiger partial charge in [-0.2, -0.15) is 0 Å². The van der Waals surface area contributed by atoms with Gasteiger partial charge in [0.05, 0.1) is 27.9 Å². The standard InChI is InChI=1S/C10H7BrClF3N2/c11-5-1-7-8(2-6(5)13)17(4-9(14)15)10(3-12)16-7/h1-2,9H,3-4H2. The maximum absolute atomic E-state index is 13.4. The Bertz CT molecular complexity index is 556. The maximum atomic E-state index is 13.4. The SMILES string of the molecule is Fc1cc2c(cc1Br)nc(CCl)n2CC(F)F. The van der Waals surface area contributed by atoms with Crippen LogP contribution in [0.1, 0.15) is 5.82 Å². The van der Waals surface area contributed by atoms with Crippen LogP contribution in [0.15, 0.2) is 16.6 Å². The lowest BCUT2D eigenvalue weighted by Gasteiger charge is -2.06. The van der Waals surface area contributed by atoms with E-state index in [0.717, 1.165) is 0 Å². The van der Waals surface area contributed by atoms with E-state index in [9.17, 15) is 13.2 Å². The fourth-order valence-corrected chi connectivity index (χ4v) is 2.15. The van der Waals surface area contributed by atoms with Crippen LogP contribution in [0.3, 0.4) is 0 Å². The molecular formula is C10H7BrClF3N2. The number of benzene rings is 1. The summed E-state index contributed by atoms with van der Waals surface area (Å²) in [5, 5.41) is 0. The van der Waals surface area contributed by atoms with Crippen LogP contribution in [0.25, 0.3) is 11.0 Å². The number of rotatable bonds is 3. The zero-order valence-corrected chi connectivity index (χ0v) is 10.8. The molecule has 0 saturated heterocycles. The van der Waals surface area contributed by atoms with Crippen molar-refractivity contribution in [3.05, 3.63) is 28.2 Å². The van der Waals surface area contributed by atoms with Gasteiger partial charge in [-0.05, 0) is 22.0 Å². The van der Waals surface area contributed by atoms with Gasteiger partial charge >= 0.3 is 0 Å². The molecule has 0 amide bonds. The van der Waals surface area contributed by atoms with Gasteiger partial charge in [0.25, 0.3) is 6.43 Å². The van der Waals surface area contributed by atoms with Gasteiger partial charge in [0, 0.05) is 6.07 Å². The molecule has 0 aliphatic rings. The molecular weight excluding hydrogens is 320 g/mol. The molecule has 2 rings (SSSR count). The van der Waals surface area contributed by atoms with Crippen molar-refractivity contribution in [1.29, 1.82) is 0 Å². The molecule has 0 aliphatic carbocycles. The lowest BCUT2D eigenvalue weighted by Crippen LogP contribution is -2.09. The summed E-state index contributed by atoms with van der Waals surface area (Å²) in [5.74, 6) is -0.214. The first-order chi connectivity index (χ1) is 8.02. The van der Waals surface area contributed by atoms with Gasteiger partial charge in [-0.15, -0.1) is 11.6 Å². The Morgan fingerprint density at radius 3 is 2.71 bits per heavy atom. The second-order valence-corrected chi connectivity index (χ2v) is 4.54. The highest BCUT2D eigenvalue weighted by Gasteiger charge is 2.15. The molecule has 92 valence electrons. The summed E-state index contributed by atoms with van der Waals surface area (Å²) in [5.41, 5.74) is 0.760. The van der Waals surface area contributed by atoms with Gasteiger partial charge in [-0.1, -0.05) is 0 Å². The molecule has 0 atom stereocenters. The Balaban J connectivity index is 2.65. The first kappa shape index (κ1) is 12.7. The second-order valence-electron chi connectivity index (χ2n) is 3.42. The van der Waals surface area contributed by atoms with E-state index in [1.54, 1.807) is 0 Å². The van der Waals surface area contributed by atoms with Gasteiger partial charge < -0.3 is 4.57 Å². The minimum atomic E-state index is -2.54. The predicted octanol–water partition coefficient (Wildman–Crippen LogP) is 3.94. The summed E-state index contributed by atoms with van der Waals surface area (Å²) < 4.78 is 39.7. The highest BCUT2D eigenvalue weighted by atomic mass is 79.9. The van der Waals surface area contributed by atoms with Crippen LogP contribution in [0.4, 0.5) is 13.2 Å². The Morgan fingerprint density at radius 2 is 2.12 bits per heavy atom. The van der Waals surface area contributed by atoms with E-state index >= 15 is 0 Å². The van der Waals surface area contributed by atoms with Crippen molar-refractivity contribution in [3.8, 4) is 0 Å². The second kappa shape index (κ2) is 4.86. The van der Waals surface area contributed by atoms with Crippen LogP contribution in [-0.2, 0) is 12.4 Å². The number of nitrogens with zero attached hydrogens (tertiary/aromatic N) is 2. The Labute approximate surface area is 109 Å². The van der Waals surface area contributed by atoms with Crippen LogP contribution in [0.5, 0.6) is 0 Å². The monoisotopic (exact) mass is 326 g/mol. The fourth-order valence-electron chi connectivity index (χ4n) is 1.61. The predicted molar refractivity (Wildman–Crippen MR) is 63.0 cm³/mol. The lowest BCUT2D eigenvalue weighted by molar-refractivity contribution is 0.127. The minimum Gasteiger partial charge on any atom is -0.321 e. The number of fused-ring (bicyclic) bond motifs is 1. The quantitative estimate of drug-likeness (QED) is 0.781. The highest BCUT2D eigenvalue weighted by Crippen LogP contribution is 2.25. The number of alkyl halides is 3. The number of hydrogen-bond acceptors (Lipinski definition) is 1. The van der Waals surface area contributed by atoms with E-state index in [-0.39, 0.29) is 10.4 Å². The molecule has 2 nitrogen and oxygen atoms in total. The normalized spacial score (nSPS) is 11.6. The van der Waals surface area contributed by atoms with Crippen molar-refractivity contribution in [2.75, 3.05) is 0 Å². The molecule has 0 saturated carbocycles. The minimum absolute atomic E-state index is 0.000633. The van der Waals surface area contributed by atoms with Gasteiger partial charge in [-0.25, -0.2) is 18.2 Å². The molecule has 0 fully saturated rings. The molecule has 0 radical (unpaired) electrons. The molecule has 17 heavy (non-hydrogen) atoms. The Hall–Kier alpha value is -0.750. The first-order valence-electron chi connectivity index (χ1n) is 4.71. The van der Waals surface area contributed by atoms with Crippen molar-refractivity contribution in [2.45, 2.75) is 18.9 Å². The molecule has 0 aliphatic heterocycles. The highest BCUT2D eigenvalue weighted by molar-refractivity contribution is 9.10. The third-order valence-corrected chi connectivity index (χ3v) is 3.16. The van der Waals surface area contributed by atoms with E-state index in [2.05, 4.69) is 20.9 Å². The van der Waals surface area contributed by atoms with Crippen LogP contribution < -0.4 is 0 Å². The Kier molecular flexibility index (Phi) is 3.63. The number of aromatic nitrogens is 2. The number of hydrogen-bond donors (Lipinski definition) is 0. The van der Waals surface area contributed by atoms with Crippen molar-refractivity contribution in [3.63, 3.8) is 0 Å². The summed E-state index contributed by atoms with van der Waals surface area (Å²) >= 11 is 8.65. The summed E-state index contributed by atoms with van der Waals surface area (Å²) in [6, 6.07) is 2.62. The molecule has 7 heteroatoms. The Morgan fingerprint density at radius 1 is 1.41 bits per heavy atom. The molecule has 0 bridgehead atoms. The average Bonchev–Trinajstić information content (AvgIpc) is 2.57. The van der Waals surface area contributed by atoms with Crippen molar-refractivity contribution in [1.82, 2.24) is 9.55 Å². The topological polar surface area (TPSA) is 17.8 Å². The molecule has 0 spiro atoms. The zero-order chi connectivity index (χ0) is 12.6. The number of halogens is 5. The number of imidazole rings is 1.